The van der Waals surface area contributed by atoms with Crippen LogP contribution < -0.4 is 15.4 Å². The zero-order chi connectivity index (χ0) is 36.5. The number of anilines is 1. The van der Waals surface area contributed by atoms with Crippen LogP contribution in [0.1, 0.15) is 87.7 Å². The van der Waals surface area contributed by atoms with E-state index >= 15 is 0 Å². The Balaban J connectivity index is 1.41. The molecule has 1 amide bonds. The maximum atomic E-state index is 14.1. The van der Waals surface area contributed by atoms with Crippen LogP contribution in [0.4, 0.5) is 5.69 Å². The molecule has 1 aliphatic carbocycles. The number of hydrogen-bond donors (Lipinski definition) is 4. The Hall–Kier alpha value is -4.83. The molecule has 3 atom stereocenters. The molecule has 0 fully saturated rings. The average Bonchev–Trinajstić information content (AvgIpc) is 3.32. The van der Waals surface area contributed by atoms with Gasteiger partial charge in [0.1, 0.15) is 0 Å². The van der Waals surface area contributed by atoms with Crippen LogP contribution in [0.2, 0.25) is 0 Å². The number of carboxylic acid groups (broad SMARTS) is 1. The number of sulfonamides is 1. The normalized spacial score (nSPS) is 15.9. The quantitative estimate of drug-likeness (QED) is 0.0866. The van der Waals surface area contributed by atoms with Gasteiger partial charge in [-0.05, 0) is 96.9 Å². The second-order valence-corrected chi connectivity index (χ2v) is 14.9. The summed E-state index contributed by atoms with van der Waals surface area (Å²) in [7, 11) is -4.03. The highest BCUT2D eigenvalue weighted by molar-refractivity contribution is 7.89. The molecule has 4 aromatic rings. The van der Waals surface area contributed by atoms with E-state index in [1.54, 1.807) is 12.1 Å². The molecule has 266 valence electrons. The van der Waals surface area contributed by atoms with E-state index in [9.17, 15) is 18.0 Å². The first-order valence-electron chi connectivity index (χ1n) is 17.4. The molecule has 9 heteroatoms. The van der Waals surface area contributed by atoms with E-state index in [2.05, 4.69) is 61.2 Å². The number of unbranched alkanes of at least 4 members (excludes halogenated alkanes) is 1. The van der Waals surface area contributed by atoms with E-state index < -0.39 is 28.1 Å². The highest BCUT2D eigenvalue weighted by Crippen LogP contribution is 2.43. The number of aliphatic carboxylic acids is 1. The number of carbonyl (C=O) groups excluding carboxylic acids is 1. The van der Waals surface area contributed by atoms with Crippen molar-refractivity contribution in [3.8, 4) is 0 Å². The predicted octanol–water partition coefficient (Wildman–Crippen LogP) is 8.58. The summed E-state index contributed by atoms with van der Waals surface area (Å²) in [6.07, 6.45) is 1.05. The molecule has 5 rings (SSSR count). The van der Waals surface area contributed by atoms with Gasteiger partial charge in [0.15, 0.2) is 0 Å². The lowest BCUT2D eigenvalue weighted by Gasteiger charge is -2.30. The first-order valence-corrected chi connectivity index (χ1v) is 18.9. The number of rotatable bonds is 16. The third-order valence-corrected chi connectivity index (χ3v) is 11.3. The summed E-state index contributed by atoms with van der Waals surface area (Å²) in [5, 5.41) is 15.3. The highest BCUT2D eigenvalue weighted by Gasteiger charge is 2.31. The molecule has 4 aromatic carbocycles. The van der Waals surface area contributed by atoms with Gasteiger partial charge in [-0.25, -0.2) is 13.1 Å². The highest BCUT2D eigenvalue weighted by atomic mass is 32.2. The van der Waals surface area contributed by atoms with Crippen LogP contribution in [0.5, 0.6) is 0 Å². The van der Waals surface area contributed by atoms with Gasteiger partial charge in [0.25, 0.3) is 0 Å². The van der Waals surface area contributed by atoms with Crippen LogP contribution >= 0.6 is 0 Å². The fourth-order valence-corrected chi connectivity index (χ4v) is 8.01. The van der Waals surface area contributed by atoms with Crippen LogP contribution in [-0.4, -0.2) is 25.4 Å². The van der Waals surface area contributed by atoms with E-state index in [1.165, 1.54) is 40.0 Å². The van der Waals surface area contributed by atoms with E-state index in [0.29, 0.717) is 31.0 Å². The van der Waals surface area contributed by atoms with E-state index in [1.807, 2.05) is 66.7 Å². The second-order valence-electron chi connectivity index (χ2n) is 13.2. The Bertz CT molecular complexity index is 2010. The lowest BCUT2D eigenvalue weighted by Crippen LogP contribution is -2.38. The van der Waals surface area contributed by atoms with Crippen LogP contribution in [0.3, 0.4) is 0 Å². The topological polar surface area (TPSA) is 125 Å². The number of allylic oxidation sites excluding steroid dienone is 4. The fourth-order valence-electron chi connectivity index (χ4n) is 6.77. The monoisotopic (exact) mass is 705 g/mol. The van der Waals surface area contributed by atoms with Gasteiger partial charge in [0.2, 0.25) is 15.9 Å². The van der Waals surface area contributed by atoms with Crippen molar-refractivity contribution in [3.05, 3.63) is 148 Å². The Labute approximate surface area is 301 Å². The minimum absolute atomic E-state index is 0.0131. The van der Waals surface area contributed by atoms with Gasteiger partial charge in [-0.2, -0.15) is 0 Å². The summed E-state index contributed by atoms with van der Waals surface area (Å²) in [6, 6.07) is 32.9. The maximum absolute atomic E-state index is 14.1. The van der Waals surface area contributed by atoms with E-state index in [-0.39, 0.29) is 23.6 Å². The molecule has 0 spiro atoms. The number of carbonyl (C=O) groups is 2. The van der Waals surface area contributed by atoms with Gasteiger partial charge in [-0.15, -0.1) is 0 Å². The molecule has 4 N–H and O–H groups in total. The van der Waals surface area contributed by atoms with Gasteiger partial charge >= 0.3 is 5.97 Å². The molecule has 0 aliphatic heterocycles. The average molecular weight is 706 g/mol. The van der Waals surface area contributed by atoms with Gasteiger partial charge in [-0.3, -0.25) is 9.59 Å². The third-order valence-electron chi connectivity index (χ3n) is 9.89. The minimum Gasteiger partial charge on any atom is -0.481 e. The number of hydrogen-bond acceptors (Lipinski definition) is 5. The molecule has 51 heavy (non-hydrogen) atoms. The van der Waals surface area contributed by atoms with Crippen molar-refractivity contribution in [1.29, 1.82) is 0 Å². The van der Waals surface area contributed by atoms with Crippen LogP contribution in [0.15, 0.2) is 131 Å². The number of amides is 1. The third kappa shape index (κ3) is 9.29. The lowest BCUT2D eigenvalue weighted by atomic mass is 9.88. The first-order chi connectivity index (χ1) is 24.5. The summed E-state index contributed by atoms with van der Waals surface area (Å²) < 4.78 is 31.1. The Morgan fingerprint density at radius 3 is 1.88 bits per heavy atom. The molecule has 8 nitrogen and oxygen atoms in total. The number of carboxylic acids is 1. The molecule has 0 saturated heterocycles. The van der Waals surface area contributed by atoms with Crippen molar-refractivity contribution < 1.29 is 23.1 Å². The molecule has 0 heterocycles. The van der Waals surface area contributed by atoms with Gasteiger partial charge in [0.05, 0.1) is 17.0 Å². The van der Waals surface area contributed by atoms with Gasteiger partial charge in [-0.1, -0.05) is 97.4 Å². The zero-order valence-electron chi connectivity index (χ0n) is 29.6. The van der Waals surface area contributed by atoms with Crippen LogP contribution in [-0.2, 0) is 26.2 Å². The Morgan fingerprint density at radius 2 is 1.29 bits per heavy atom. The zero-order valence-corrected chi connectivity index (χ0v) is 30.5. The molecule has 0 bridgehead atoms. The van der Waals surface area contributed by atoms with Crippen molar-refractivity contribution in [2.45, 2.75) is 76.9 Å². The lowest BCUT2D eigenvalue weighted by molar-refractivity contribution is -0.137. The SMILES string of the molecule is CC1=C(C)C(C)C(c2ccccc2CN[C@H](c2ccccc2)[C@H](NS(=O)(=O)c2ccc(NC(=O)CCCCC(=O)O)cc2)c2ccccc2)=C1C. The van der Waals surface area contributed by atoms with Crippen molar-refractivity contribution in [1.82, 2.24) is 10.0 Å². The van der Waals surface area contributed by atoms with Gasteiger partial charge < -0.3 is 15.7 Å². The minimum atomic E-state index is -4.03. The Kier molecular flexibility index (Phi) is 12.4. The van der Waals surface area contributed by atoms with Crippen molar-refractivity contribution in [3.63, 3.8) is 0 Å². The van der Waals surface area contributed by atoms with E-state index in [4.69, 9.17) is 5.11 Å². The maximum Gasteiger partial charge on any atom is 0.303 e. The molecule has 1 unspecified atom stereocenters. The largest absolute Gasteiger partial charge is 0.481 e. The number of benzene rings is 4. The molecule has 1 aliphatic rings. The summed E-state index contributed by atoms with van der Waals surface area (Å²) in [5.74, 6) is -0.841. The second kappa shape index (κ2) is 16.9. The van der Waals surface area contributed by atoms with Crippen molar-refractivity contribution in [2.24, 2.45) is 5.92 Å². The smallest absolute Gasteiger partial charge is 0.303 e. The summed E-state index contributed by atoms with van der Waals surface area (Å²) in [5.41, 5.74) is 9.89. The van der Waals surface area contributed by atoms with E-state index in [0.717, 1.165) is 16.7 Å². The summed E-state index contributed by atoms with van der Waals surface area (Å²) in [6.45, 7) is 9.35. The summed E-state index contributed by atoms with van der Waals surface area (Å²) >= 11 is 0. The molecular weight excluding hydrogens is 659 g/mol. The molecule has 0 aromatic heterocycles. The summed E-state index contributed by atoms with van der Waals surface area (Å²) in [4.78, 5) is 23.2. The predicted molar refractivity (Wildman–Crippen MR) is 203 cm³/mol. The van der Waals surface area contributed by atoms with Crippen molar-refractivity contribution >= 4 is 33.2 Å². The standard InChI is InChI=1S/C42H47N3O5S/c1-28-29(2)31(4)40(30(28)3)37-20-12-11-19-34(37)27-43-41(32-15-7-5-8-16-32)42(33-17-9-6-10-18-33)45-51(49,50)36-25-23-35(24-26-36)44-38(46)21-13-14-22-39(47)48/h5-12,15-20,23-26,30,41-43,45H,13-14,21-22,27H2,1-4H3,(H,44,46)(H,47,48)/t30?,41-,42-/m1/s1. The molecule has 0 saturated carbocycles. The van der Waals surface area contributed by atoms with Crippen molar-refractivity contribution in [2.75, 3.05) is 5.32 Å². The Morgan fingerprint density at radius 1 is 0.725 bits per heavy atom. The molecular formula is C42H47N3O5S. The van der Waals surface area contributed by atoms with Gasteiger partial charge in [0, 0.05) is 31.0 Å². The number of nitrogens with one attached hydrogen (secondary N) is 3. The molecule has 0 radical (unpaired) electrons. The van der Waals surface area contributed by atoms with Crippen LogP contribution in [0, 0.1) is 5.92 Å². The first kappa shape index (κ1) is 37.4. The van der Waals surface area contributed by atoms with Crippen LogP contribution in [0.25, 0.3) is 5.57 Å². The fraction of sp³-hybridized carbons (Fsp3) is 0.286.